The molecule has 23 heavy (non-hydrogen) atoms. The van der Waals surface area contributed by atoms with Gasteiger partial charge in [0.1, 0.15) is 5.75 Å². The van der Waals surface area contributed by atoms with E-state index >= 15 is 0 Å². The summed E-state index contributed by atoms with van der Waals surface area (Å²) in [5.74, 6) is 0.628. The molecule has 0 bridgehead atoms. The zero-order valence-electron chi connectivity index (χ0n) is 14.4. The van der Waals surface area contributed by atoms with Crippen molar-refractivity contribution in [3.8, 4) is 5.75 Å². The van der Waals surface area contributed by atoms with Gasteiger partial charge in [-0.25, -0.2) is 0 Å². The maximum atomic E-state index is 12.7. The third-order valence-electron chi connectivity index (χ3n) is 3.79. The lowest BCUT2D eigenvalue weighted by Gasteiger charge is -2.15. The zero-order valence-corrected chi connectivity index (χ0v) is 14.4. The highest BCUT2D eigenvalue weighted by atomic mass is 16.5. The fourth-order valence-electron chi connectivity index (χ4n) is 2.75. The van der Waals surface area contributed by atoms with Gasteiger partial charge in [-0.2, -0.15) is 0 Å². The molecular formula is C20H25NO2. The lowest BCUT2D eigenvalue weighted by Crippen LogP contribution is -2.16. The molecule has 2 aromatic rings. The van der Waals surface area contributed by atoms with Crippen LogP contribution in [0.25, 0.3) is 0 Å². The molecule has 0 aliphatic carbocycles. The number of carbonyl (C=O) groups excluding carboxylic acids is 1. The zero-order chi connectivity index (χ0) is 16.8. The van der Waals surface area contributed by atoms with E-state index in [9.17, 15) is 4.79 Å². The molecule has 1 amide bonds. The van der Waals surface area contributed by atoms with E-state index in [1.165, 1.54) is 5.56 Å². The van der Waals surface area contributed by atoms with E-state index in [1.807, 2.05) is 57.2 Å². The summed E-state index contributed by atoms with van der Waals surface area (Å²) in [6, 6.07) is 11.6. The Hall–Kier alpha value is -2.29. The van der Waals surface area contributed by atoms with E-state index in [4.69, 9.17) is 4.74 Å². The van der Waals surface area contributed by atoms with Crippen LogP contribution in [0.1, 0.15) is 46.8 Å². The Bertz CT molecular complexity index is 669. The molecular weight excluding hydrogens is 286 g/mol. The van der Waals surface area contributed by atoms with Crippen LogP contribution in [-0.2, 0) is 0 Å². The van der Waals surface area contributed by atoms with Gasteiger partial charge in [-0.1, -0.05) is 43.2 Å². The largest absolute Gasteiger partial charge is 0.491 e. The van der Waals surface area contributed by atoms with Crippen molar-refractivity contribution in [2.75, 3.05) is 11.9 Å². The van der Waals surface area contributed by atoms with Gasteiger partial charge in [0.15, 0.2) is 0 Å². The van der Waals surface area contributed by atoms with Gasteiger partial charge < -0.3 is 10.1 Å². The minimum absolute atomic E-state index is 0.0912. The Balaban J connectivity index is 2.21. The first-order chi connectivity index (χ1) is 11.0. The van der Waals surface area contributed by atoms with Crippen LogP contribution in [0.3, 0.4) is 0 Å². The summed E-state index contributed by atoms with van der Waals surface area (Å²) in [6.07, 6.45) is 2.08. The molecule has 2 aromatic carbocycles. The van der Waals surface area contributed by atoms with E-state index in [0.29, 0.717) is 12.3 Å². The molecule has 0 aromatic heterocycles. The van der Waals surface area contributed by atoms with Crippen molar-refractivity contribution in [3.05, 3.63) is 58.7 Å². The maximum absolute atomic E-state index is 12.7. The molecule has 0 aliphatic heterocycles. The molecule has 3 heteroatoms. The van der Waals surface area contributed by atoms with Gasteiger partial charge in [0.25, 0.3) is 5.91 Å². The quantitative estimate of drug-likeness (QED) is 0.759. The third kappa shape index (κ3) is 4.35. The normalized spacial score (nSPS) is 10.4. The minimum Gasteiger partial charge on any atom is -0.491 e. The van der Waals surface area contributed by atoms with E-state index in [-0.39, 0.29) is 5.91 Å². The topological polar surface area (TPSA) is 38.3 Å². The standard InChI is InChI=1S/C20H25NO2/c1-5-6-11-23-18-10-8-7-9-17(18)21-20(22)19-15(3)12-14(2)13-16(19)4/h7-10,12-13H,5-6,11H2,1-4H3,(H,21,22). The van der Waals surface area contributed by atoms with Crippen LogP contribution in [0.4, 0.5) is 5.69 Å². The Morgan fingerprint density at radius 3 is 2.39 bits per heavy atom. The van der Waals surface area contributed by atoms with Crippen LogP contribution in [-0.4, -0.2) is 12.5 Å². The number of ether oxygens (including phenoxy) is 1. The SMILES string of the molecule is CCCCOc1ccccc1NC(=O)c1c(C)cc(C)cc1C. The molecule has 0 heterocycles. The van der Waals surface area contributed by atoms with E-state index in [2.05, 4.69) is 12.2 Å². The number of para-hydroxylation sites is 2. The molecule has 0 fully saturated rings. The molecule has 0 radical (unpaired) electrons. The molecule has 0 spiro atoms. The van der Waals surface area contributed by atoms with Gasteiger partial charge in [0, 0.05) is 5.56 Å². The molecule has 2 rings (SSSR count). The average Bonchev–Trinajstić information content (AvgIpc) is 2.48. The van der Waals surface area contributed by atoms with Crippen molar-refractivity contribution >= 4 is 11.6 Å². The molecule has 0 aliphatic rings. The Morgan fingerprint density at radius 1 is 1.09 bits per heavy atom. The van der Waals surface area contributed by atoms with Gasteiger partial charge in [0.2, 0.25) is 0 Å². The number of unbranched alkanes of at least 4 members (excludes halogenated alkanes) is 1. The molecule has 3 nitrogen and oxygen atoms in total. The summed E-state index contributed by atoms with van der Waals surface area (Å²) >= 11 is 0. The first-order valence-corrected chi connectivity index (χ1v) is 8.14. The fraction of sp³-hybridized carbons (Fsp3) is 0.350. The summed E-state index contributed by atoms with van der Waals surface area (Å²) in [5.41, 5.74) is 4.60. The number of aryl methyl sites for hydroxylation is 3. The van der Waals surface area contributed by atoms with Crippen molar-refractivity contribution in [1.29, 1.82) is 0 Å². The van der Waals surface area contributed by atoms with Crippen molar-refractivity contribution in [2.45, 2.75) is 40.5 Å². The smallest absolute Gasteiger partial charge is 0.256 e. The molecule has 122 valence electrons. The van der Waals surface area contributed by atoms with Crippen LogP contribution in [0.2, 0.25) is 0 Å². The van der Waals surface area contributed by atoms with E-state index in [1.54, 1.807) is 0 Å². The van der Waals surface area contributed by atoms with Crippen molar-refractivity contribution in [1.82, 2.24) is 0 Å². The van der Waals surface area contributed by atoms with Gasteiger partial charge in [-0.3, -0.25) is 4.79 Å². The summed E-state index contributed by atoms with van der Waals surface area (Å²) in [7, 11) is 0. The maximum Gasteiger partial charge on any atom is 0.256 e. The average molecular weight is 311 g/mol. The number of nitrogens with one attached hydrogen (secondary N) is 1. The van der Waals surface area contributed by atoms with Crippen LogP contribution in [0, 0.1) is 20.8 Å². The molecule has 0 saturated carbocycles. The number of amides is 1. The minimum atomic E-state index is -0.0912. The van der Waals surface area contributed by atoms with E-state index < -0.39 is 0 Å². The first kappa shape index (κ1) is 17.1. The molecule has 0 saturated heterocycles. The van der Waals surface area contributed by atoms with Crippen LogP contribution < -0.4 is 10.1 Å². The van der Waals surface area contributed by atoms with Crippen molar-refractivity contribution < 1.29 is 9.53 Å². The highest BCUT2D eigenvalue weighted by Crippen LogP contribution is 2.26. The summed E-state index contributed by atoms with van der Waals surface area (Å²) in [4.78, 5) is 12.7. The number of anilines is 1. The van der Waals surface area contributed by atoms with Crippen molar-refractivity contribution in [2.24, 2.45) is 0 Å². The third-order valence-corrected chi connectivity index (χ3v) is 3.79. The Morgan fingerprint density at radius 2 is 1.74 bits per heavy atom. The number of benzene rings is 2. The Kier molecular flexibility index (Phi) is 5.80. The van der Waals surface area contributed by atoms with Crippen molar-refractivity contribution in [3.63, 3.8) is 0 Å². The first-order valence-electron chi connectivity index (χ1n) is 8.14. The van der Waals surface area contributed by atoms with E-state index in [0.717, 1.165) is 35.3 Å². The molecule has 1 N–H and O–H groups in total. The van der Waals surface area contributed by atoms with Crippen LogP contribution in [0.5, 0.6) is 5.75 Å². The highest BCUT2D eigenvalue weighted by Gasteiger charge is 2.14. The second-order valence-corrected chi connectivity index (χ2v) is 5.93. The lowest BCUT2D eigenvalue weighted by molar-refractivity contribution is 0.102. The molecule has 0 unspecified atom stereocenters. The summed E-state index contributed by atoms with van der Waals surface area (Å²) < 4.78 is 5.78. The highest BCUT2D eigenvalue weighted by molar-refractivity contribution is 6.07. The monoisotopic (exact) mass is 311 g/mol. The summed E-state index contributed by atoms with van der Waals surface area (Å²) in [6.45, 7) is 8.77. The lowest BCUT2D eigenvalue weighted by atomic mass is 9.99. The Labute approximate surface area is 138 Å². The van der Waals surface area contributed by atoms with Crippen LogP contribution in [0.15, 0.2) is 36.4 Å². The fourth-order valence-corrected chi connectivity index (χ4v) is 2.75. The number of carbonyl (C=O) groups is 1. The number of hydrogen-bond donors (Lipinski definition) is 1. The predicted molar refractivity (Wildman–Crippen MR) is 95.5 cm³/mol. The number of hydrogen-bond acceptors (Lipinski definition) is 2. The van der Waals surface area contributed by atoms with Crippen LogP contribution >= 0.6 is 0 Å². The summed E-state index contributed by atoms with van der Waals surface area (Å²) in [5, 5.41) is 2.99. The second kappa shape index (κ2) is 7.82. The van der Waals surface area contributed by atoms with Gasteiger partial charge >= 0.3 is 0 Å². The van der Waals surface area contributed by atoms with Gasteiger partial charge in [0.05, 0.1) is 12.3 Å². The predicted octanol–water partition coefficient (Wildman–Crippen LogP) is 5.04. The molecule has 0 atom stereocenters. The second-order valence-electron chi connectivity index (χ2n) is 5.93. The van der Waals surface area contributed by atoms with Gasteiger partial charge in [-0.05, 0) is 50.5 Å². The van der Waals surface area contributed by atoms with Gasteiger partial charge in [-0.15, -0.1) is 0 Å². The number of rotatable bonds is 6.